The number of nitrogens with zero attached hydrogens (tertiary/aromatic N) is 3. The summed E-state index contributed by atoms with van der Waals surface area (Å²) in [5, 5.41) is 0. The summed E-state index contributed by atoms with van der Waals surface area (Å²) in [5.41, 5.74) is 0. The van der Waals surface area contributed by atoms with Crippen molar-refractivity contribution in [3.05, 3.63) is 0 Å². The minimum absolute atomic E-state index is 0.330. The zero-order chi connectivity index (χ0) is 19.6. The minimum Gasteiger partial charge on any atom is -0.277 e. The van der Waals surface area contributed by atoms with Gasteiger partial charge in [-0.1, -0.05) is 0 Å². The number of hydrogen-bond acceptors (Lipinski definition) is 10. The van der Waals surface area contributed by atoms with Gasteiger partial charge in [-0.05, 0) is 46.6 Å². The molecule has 0 amide bonds. The van der Waals surface area contributed by atoms with E-state index < -0.39 is 18.3 Å². The van der Waals surface area contributed by atoms with Crippen molar-refractivity contribution < 1.29 is 25.9 Å². The van der Waals surface area contributed by atoms with Crippen LogP contribution in [0, 0.1) is 0 Å². The van der Waals surface area contributed by atoms with Crippen LogP contribution in [0.4, 0.5) is 0 Å². The molecule has 0 radical (unpaired) electrons. The lowest BCUT2D eigenvalue weighted by molar-refractivity contribution is -0.0285. The molecule has 156 valence electrons. The van der Waals surface area contributed by atoms with E-state index in [1.807, 2.05) is 0 Å². The second-order valence-electron chi connectivity index (χ2n) is 5.89. The first kappa shape index (κ1) is 24.8. The van der Waals surface area contributed by atoms with Gasteiger partial charge in [0.25, 0.3) is 0 Å². The van der Waals surface area contributed by atoms with Gasteiger partial charge in [-0.25, -0.2) is 0 Å². The van der Waals surface area contributed by atoms with Crippen molar-refractivity contribution in [2.24, 2.45) is 0 Å². The zero-order valence-corrected chi connectivity index (χ0v) is 18.6. The Hall–Kier alpha value is 0.750. The van der Waals surface area contributed by atoms with Crippen molar-refractivity contribution in [1.29, 1.82) is 0 Å². The highest BCUT2D eigenvalue weighted by molar-refractivity contribution is 8.70. The van der Waals surface area contributed by atoms with E-state index in [1.54, 1.807) is 0 Å². The first-order valence-corrected chi connectivity index (χ1v) is 14.6. The fourth-order valence-electron chi connectivity index (χ4n) is 2.61. The standard InChI is InChI=1S/C12H27N3O6S5/c16-25(17,18)23-8-2-5-14-10-13(4-1-7-22)11-15(12-14)6-3-9-24-26(19,20)21/h22H,1-12H2,(H,16,17,18)(H,19,20,21). The van der Waals surface area contributed by atoms with Crippen LogP contribution in [-0.2, 0) is 18.3 Å². The summed E-state index contributed by atoms with van der Waals surface area (Å²) < 4.78 is 60.5. The van der Waals surface area contributed by atoms with Crippen LogP contribution in [0.5, 0.6) is 0 Å². The third-order valence-electron chi connectivity index (χ3n) is 3.53. The van der Waals surface area contributed by atoms with Crippen LogP contribution in [-0.4, -0.2) is 97.5 Å². The van der Waals surface area contributed by atoms with Crippen LogP contribution in [0.2, 0.25) is 0 Å². The molecule has 0 aliphatic carbocycles. The monoisotopic (exact) mass is 469 g/mol. The molecule has 0 aromatic heterocycles. The highest BCUT2D eigenvalue weighted by Crippen LogP contribution is 2.15. The Balaban J connectivity index is 2.42. The number of thiol groups is 1. The normalized spacial score (nSPS) is 18.4. The van der Waals surface area contributed by atoms with Crippen LogP contribution in [0.1, 0.15) is 19.3 Å². The predicted octanol–water partition coefficient (Wildman–Crippen LogP) is 0.951. The van der Waals surface area contributed by atoms with Gasteiger partial charge in [-0.2, -0.15) is 29.5 Å². The average Bonchev–Trinajstić information content (AvgIpc) is 2.52. The van der Waals surface area contributed by atoms with E-state index in [9.17, 15) is 16.8 Å². The molecule has 1 saturated heterocycles. The second-order valence-corrected chi connectivity index (χ2v) is 13.3. The van der Waals surface area contributed by atoms with E-state index >= 15 is 0 Å². The molecule has 0 saturated carbocycles. The molecule has 1 rings (SSSR count). The Bertz CT molecular complexity index is 554. The Morgan fingerprint density at radius 3 is 1.38 bits per heavy atom. The van der Waals surface area contributed by atoms with Gasteiger partial charge < -0.3 is 0 Å². The molecule has 1 aliphatic heterocycles. The van der Waals surface area contributed by atoms with Crippen LogP contribution < -0.4 is 0 Å². The van der Waals surface area contributed by atoms with Crippen molar-refractivity contribution in [2.45, 2.75) is 19.3 Å². The lowest BCUT2D eigenvalue weighted by Gasteiger charge is -2.42. The molecule has 0 atom stereocenters. The summed E-state index contributed by atoms with van der Waals surface area (Å²) in [6, 6.07) is 0. The zero-order valence-electron chi connectivity index (χ0n) is 14.4. The summed E-state index contributed by atoms with van der Waals surface area (Å²) in [6.07, 6.45) is 2.23. The maximum absolute atomic E-state index is 10.7. The Labute approximate surface area is 168 Å². The fourth-order valence-corrected chi connectivity index (χ4v) is 5.63. The fraction of sp³-hybridized carbons (Fsp3) is 1.00. The molecule has 1 heterocycles. The molecule has 1 fully saturated rings. The van der Waals surface area contributed by atoms with E-state index in [-0.39, 0.29) is 0 Å². The van der Waals surface area contributed by atoms with Crippen molar-refractivity contribution in [1.82, 2.24) is 14.7 Å². The maximum Gasteiger partial charge on any atom is 0.319 e. The Kier molecular flexibility index (Phi) is 11.8. The summed E-state index contributed by atoms with van der Waals surface area (Å²) in [5.74, 6) is 1.46. The largest absolute Gasteiger partial charge is 0.319 e. The van der Waals surface area contributed by atoms with E-state index in [2.05, 4.69) is 27.3 Å². The molecule has 14 heteroatoms. The molecule has 9 nitrogen and oxygen atoms in total. The lowest BCUT2D eigenvalue weighted by Crippen LogP contribution is -2.55. The predicted molar refractivity (Wildman–Crippen MR) is 110 cm³/mol. The average molecular weight is 470 g/mol. The number of hydrogen-bond donors (Lipinski definition) is 3. The van der Waals surface area contributed by atoms with Crippen molar-refractivity contribution >= 4 is 52.5 Å². The summed E-state index contributed by atoms with van der Waals surface area (Å²) in [6.45, 7) is 4.58. The van der Waals surface area contributed by atoms with Gasteiger partial charge in [0.2, 0.25) is 0 Å². The van der Waals surface area contributed by atoms with Gasteiger partial charge in [0.1, 0.15) is 0 Å². The van der Waals surface area contributed by atoms with Crippen LogP contribution >= 0.6 is 34.2 Å². The second kappa shape index (κ2) is 12.3. The first-order valence-electron chi connectivity index (χ1n) is 8.10. The quantitative estimate of drug-likeness (QED) is 0.155. The maximum atomic E-state index is 10.7. The molecule has 0 bridgehead atoms. The van der Waals surface area contributed by atoms with Gasteiger partial charge in [-0.3, -0.25) is 23.8 Å². The van der Waals surface area contributed by atoms with E-state index in [4.69, 9.17) is 9.11 Å². The topological polar surface area (TPSA) is 118 Å². The van der Waals surface area contributed by atoms with E-state index in [0.29, 0.717) is 65.7 Å². The van der Waals surface area contributed by atoms with E-state index in [1.165, 1.54) is 0 Å². The molecule has 2 N–H and O–H groups in total. The molecule has 1 aliphatic rings. The smallest absolute Gasteiger partial charge is 0.277 e. The molecule has 0 unspecified atom stereocenters. The SMILES string of the molecule is O=S(=O)(O)SCCCN1CN(CCCS)CN(CCCSS(=O)(=O)O)C1. The molecular formula is C12H27N3O6S5. The number of rotatable bonds is 13. The molecular weight excluding hydrogens is 442 g/mol. The highest BCUT2D eigenvalue weighted by atomic mass is 33.2. The lowest BCUT2D eigenvalue weighted by atomic mass is 10.3. The van der Waals surface area contributed by atoms with Gasteiger partial charge in [0.05, 0.1) is 20.0 Å². The first-order chi connectivity index (χ1) is 12.1. The summed E-state index contributed by atoms with van der Waals surface area (Å²) in [4.78, 5) is 6.66. The van der Waals surface area contributed by atoms with Crippen molar-refractivity contribution in [2.75, 3.05) is 56.9 Å². The molecule has 0 aromatic rings. The highest BCUT2D eigenvalue weighted by Gasteiger charge is 2.22. The van der Waals surface area contributed by atoms with Gasteiger partial charge in [-0.15, -0.1) is 0 Å². The molecule has 26 heavy (non-hydrogen) atoms. The van der Waals surface area contributed by atoms with Gasteiger partial charge >= 0.3 is 18.3 Å². The van der Waals surface area contributed by atoms with Gasteiger partial charge in [0.15, 0.2) is 0 Å². The summed E-state index contributed by atoms with van der Waals surface area (Å²) >= 11 is 4.24. The minimum atomic E-state index is -3.99. The summed E-state index contributed by atoms with van der Waals surface area (Å²) in [7, 11) is -6.91. The van der Waals surface area contributed by atoms with Gasteiger partial charge in [0, 0.05) is 31.1 Å². The van der Waals surface area contributed by atoms with Crippen LogP contribution in [0.15, 0.2) is 0 Å². The third kappa shape index (κ3) is 13.0. The van der Waals surface area contributed by atoms with E-state index in [0.717, 1.165) is 32.1 Å². The Morgan fingerprint density at radius 2 is 1.08 bits per heavy atom. The van der Waals surface area contributed by atoms with Crippen LogP contribution in [0.25, 0.3) is 0 Å². The molecule has 0 aromatic carbocycles. The Morgan fingerprint density at radius 1 is 0.731 bits per heavy atom. The van der Waals surface area contributed by atoms with Crippen molar-refractivity contribution in [3.63, 3.8) is 0 Å². The third-order valence-corrected chi connectivity index (χ3v) is 8.14. The molecule has 0 spiro atoms. The van der Waals surface area contributed by atoms with Crippen molar-refractivity contribution in [3.8, 4) is 0 Å². The van der Waals surface area contributed by atoms with Crippen LogP contribution in [0.3, 0.4) is 0 Å².